The second-order valence-electron chi connectivity index (χ2n) is 5.71. The molecular weight excluding hydrogens is 278 g/mol. The maximum Gasteiger partial charge on any atom is 0.243 e. The minimum absolute atomic E-state index is 0.104. The summed E-state index contributed by atoms with van der Waals surface area (Å²) in [7, 11) is -3.19. The van der Waals surface area contributed by atoms with E-state index in [1.165, 1.54) is 10.6 Å². The third kappa shape index (κ3) is 2.96. The van der Waals surface area contributed by atoms with Crippen molar-refractivity contribution in [3.8, 4) is 6.07 Å². The van der Waals surface area contributed by atoms with Gasteiger partial charge < -0.3 is 4.90 Å². The van der Waals surface area contributed by atoms with Crippen molar-refractivity contribution < 1.29 is 13.2 Å². The van der Waals surface area contributed by atoms with Crippen molar-refractivity contribution in [3.05, 3.63) is 0 Å². The minimum atomic E-state index is -3.19. The number of hydrogen-bond donors (Lipinski definition) is 0. The molecule has 0 aromatic carbocycles. The van der Waals surface area contributed by atoms with Gasteiger partial charge in [0.2, 0.25) is 15.9 Å². The molecular formula is C13H21N3O3S. The van der Waals surface area contributed by atoms with Crippen LogP contribution in [0.25, 0.3) is 0 Å². The summed E-state index contributed by atoms with van der Waals surface area (Å²) in [5.74, 6) is -0.104. The molecule has 0 unspecified atom stereocenters. The number of sulfonamides is 1. The zero-order chi connectivity index (χ0) is 14.8. The van der Waals surface area contributed by atoms with Crippen LogP contribution in [0.15, 0.2) is 0 Å². The Morgan fingerprint density at radius 2 is 1.65 bits per heavy atom. The van der Waals surface area contributed by atoms with Gasteiger partial charge in [0, 0.05) is 26.2 Å². The Hall–Kier alpha value is -1.13. The molecule has 20 heavy (non-hydrogen) atoms. The number of amides is 1. The number of piperazine rings is 1. The summed E-state index contributed by atoms with van der Waals surface area (Å²) in [6, 6.07) is 2.23. The Morgan fingerprint density at radius 3 is 2.10 bits per heavy atom. The summed E-state index contributed by atoms with van der Waals surface area (Å²) in [6.45, 7) is 1.42. The van der Waals surface area contributed by atoms with Crippen molar-refractivity contribution >= 4 is 15.9 Å². The van der Waals surface area contributed by atoms with E-state index in [2.05, 4.69) is 6.07 Å². The third-order valence-corrected chi connectivity index (χ3v) is 5.63. The van der Waals surface area contributed by atoms with Gasteiger partial charge in [-0.05, 0) is 12.8 Å². The highest BCUT2D eigenvalue weighted by Crippen LogP contribution is 2.37. The van der Waals surface area contributed by atoms with Gasteiger partial charge in [0.15, 0.2) is 0 Å². The molecule has 1 amide bonds. The fourth-order valence-corrected chi connectivity index (χ4v) is 3.88. The summed E-state index contributed by atoms with van der Waals surface area (Å²) in [5.41, 5.74) is -0.870. The zero-order valence-corrected chi connectivity index (χ0v) is 12.7. The van der Waals surface area contributed by atoms with E-state index in [1.54, 1.807) is 4.90 Å². The van der Waals surface area contributed by atoms with Crippen LogP contribution >= 0.6 is 0 Å². The van der Waals surface area contributed by atoms with Gasteiger partial charge in [-0.15, -0.1) is 0 Å². The highest BCUT2D eigenvalue weighted by Gasteiger charge is 2.43. The summed E-state index contributed by atoms with van der Waals surface area (Å²) < 4.78 is 24.3. The largest absolute Gasteiger partial charge is 0.339 e. The molecule has 0 aromatic heterocycles. The van der Waals surface area contributed by atoms with Crippen LogP contribution < -0.4 is 0 Å². The fourth-order valence-electron chi connectivity index (χ4n) is 3.05. The van der Waals surface area contributed by atoms with E-state index < -0.39 is 15.4 Å². The Labute approximate surface area is 120 Å². The number of carbonyl (C=O) groups excluding carboxylic acids is 1. The van der Waals surface area contributed by atoms with Crippen LogP contribution in [0.5, 0.6) is 0 Å². The molecule has 0 atom stereocenters. The lowest BCUT2D eigenvalue weighted by atomic mass is 9.74. The number of rotatable bonds is 2. The van der Waals surface area contributed by atoms with E-state index in [0.29, 0.717) is 39.0 Å². The van der Waals surface area contributed by atoms with Crippen molar-refractivity contribution in [1.29, 1.82) is 5.26 Å². The van der Waals surface area contributed by atoms with Gasteiger partial charge in [0.25, 0.3) is 0 Å². The Balaban J connectivity index is 2.03. The second-order valence-corrected chi connectivity index (χ2v) is 7.69. The predicted octanol–water partition coefficient (Wildman–Crippen LogP) is 0.564. The quantitative estimate of drug-likeness (QED) is 0.746. The lowest BCUT2D eigenvalue weighted by Gasteiger charge is -2.39. The van der Waals surface area contributed by atoms with Gasteiger partial charge in [-0.3, -0.25) is 4.79 Å². The first kappa shape index (κ1) is 15.3. The molecule has 0 N–H and O–H groups in total. The SMILES string of the molecule is CS(=O)(=O)N1CCN(C(=O)C2(C#N)CCCCC2)CC1. The third-order valence-electron chi connectivity index (χ3n) is 4.33. The van der Waals surface area contributed by atoms with Gasteiger partial charge in [-0.25, -0.2) is 8.42 Å². The molecule has 0 aromatic rings. The minimum Gasteiger partial charge on any atom is -0.339 e. The molecule has 7 heteroatoms. The number of nitriles is 1. The highest BCUT2D eigenvalue weighted by molar-refractivity contribution is 7.88. The molecule has 1 heterocycles. The molecule has 2 fully saturated rings. The van der Waals surface area contributed by atoms with E-state index in [4.69, 9.17) is 0 Å². The fraction of sp³-hybridized carbons (Fsp3) is 0.846. The van der Waals surface area contributed by atoms with Gasteiger partial charge >= 0.3 is 0 Å². The van der Waals surface area contributed by atoms with Crippen LogP contribution in [0.1, 0.15) is 32.1 Å². The van der Waals surface area contributed by atoms with Crippen LogP contribution in [-0.4, -0.2) is 56.0 Å². The van der Waals surface area contributed by atoms with Crippen LogP contribution in [0.2, 0.25) is 0 Å². The number of carbonyl (C=O) groups is 1. The van der Waals surface area contributed by atoms with Crippen LogP contribution in [-0.2, 0) is 14.8 Å². The first-order valence-corrected chi connectivity index (χ1v) is 8.90. The topological polar surface area (TPSA) is 81.5 Å². The summed E-state index contributed by atoms with van der Waals surface area (Å²) in [6.07, 6.45) is 5.37. The smallest absolute Gasteiger partial charge is 0.243 e. The molecule has 1 saturated carbocycles. The summed E-state index contributed by atoms with van der Waals surface area (Å²) >= 11 is 0. The lowest BCUT2D eigenvalue weighted by Crippen LogP contribution is -2.54. The molecule has 6 nitrogen and oxygen atoms in total. The molecule has 112 valence electrons. The van der Waals surface area contributed by atoms with E-state index in [-0.39, 0.29) is 5.91 Å². The first-order valence-electron chi connectivity index (χ1n) is 7.05. The Morgan fingerprint density at radius 1 is 1.10 bits per heavy atom. The maximum atomic E-state index is 12.6. The Kier molecular flexibility index (Phi) is 4.35. The molecule has 2 aliphatic rings. The molecule has 1 aliphatic carbocycles. The molecule has 0 bridgehead atoms. The summed E-state index contributed by atoms with van der Waals surface area (Å²) in [4.78, 5) is 14.3. The van der Waals surface area contributed by atoms with E-state index in [0.717, 1.165) is 19.3 Å². The van der Waals surface area contributed by atoms with E-state index in [1.807, 2.05) is 0 Å². The van der Waals surface area contributed by atoms with Crippen LogP contribution in [0.4, 0.5) is 0 Å². The standard InChI is InChI=1S/C13H21N3O3S/c1-20(18,19)16-9-7-15(8-10-16)12(17)13(11-14)5-3-2-4-6-13/h2-10H2,1H3. The van der Waals surface area contributed by atoms with Crippen molar-refractivity contribution in [2.45, 2.75) is 32.1 Å². The van der Waals surface area contributed by atoms with Crippen molar-refractivity contribution in [2.75, 3.05) is 32.4 Å². The predicted molar refractivity (Wildman–Crippen MR) is 74.1 cm³/mol. The van der Waals surface area contributed by atoms with Gasteiger partial charge in [-0.2, -0.15) is 9.57 Å². The van der Waals surface area contributed by atoms with Crippen LogP contribution in [0, 0.1) is 16.7 Å². The van der Waals surface area contributed by atoms with Gasteiger partial charge in [0.05, 0.1) is 12.3 Å². The van der Waals surface area contributed by atoms with Crippen LogP contribution in [0.3, 0.4) is 0 Å². The lowest BCUT2D eigenvalue weighted by molar-refractivity contribution is -0.141. The van der Waals surface area contributed by atoms with Crippen molar-refractivity contribution in [2.24, 2.45) is 5.41 Å². The van der Waals surface area contributed by atoms with Crippen molar-refractivity contribution in [1.82, 2.24) is 9.21 Å². The molecule has 1 saturated heterocycles. The normalized spacial score (nSPS) is 24.1. The summed E-state index contributed by atoms with van der Waals surface area (Å²) in [5, 5.41) is 9.42. The Bertz CT molecular complexity index is 509. The monoisotopic (exact) mass is 299 g/mol. The average molecular weight is 299 g/mol. The molecule has 0 radical (unpaired) electrons. The second kappa shape index (κ2) is 5.70. The van der Waals surface area contributed by atoms with E-state index >= 15 is 0 Å². The molecule has 0 spiro atoms. The van der Waals surface area contributed by atoms with Crippen molar-refractivity contribution in [3.63, 3.8) is 0 Å². The zero-order valence-electron chi connectivity index (χ0n) is 11.8. The van der Waals surface area contributed by atoms with Gasteiger partial charge in [0.1, 0.15) is 5.41 Å². The highest BCUT2D eigenvalue weighted by atomic mass is 32.2. The maximum absolute atomic E-state index is 12.6. The number of nitrogens with zero attached hydrogens (tertiary/aromatic N) is 3. The van der Waals surface area contributed by atoms with E-state index in [9.17, 15) is 18.5 Å². The molecule has 1 aliphatic heterocycles. The van der Waals surface area contributed by atoms with Gasteiger partial charge in [-0.1, -0.05) is 19.3 Å². The number of hydrogen-bond acceptors (Lipinski definition) is 4. The average Bonchev–Trinajstić information content (AvgIpc) is 2.46. The first-order chi connectivity index (χ1) is 9.39. The molecule has 2 rings (SSSR count).